The summed E-state index contributed by atoms with van der Waals surface area (Å²) >= 11 is 0. The first-order valence-electron chi connectivity index (χ1n) is 11.2. The number of hydrogen-bond donors (Lipinski definition) is 1. The Morgan fingerprint density at radius 2 is 1.97 bits per heavy atom. The molecule has 1 aromatic carbocycles. The van der Waals surface area contributed by atoms with E-state index in [1.807, 2.05) is 18.2 Å². The molecule has 1 amide bonds. The van der Waals surface area contributed by atoms with Crippen LogP contribution in [0.25, 0.3) is 5.57 Å². The van der Waals surface area contributed by atoms with E-state index in [1.54, 1.807) is 7.05 Å². The van der Waals surface area contributed by atoms with Gasteiger partial charge in [0, 0.05) is 32.7 Å². The molecule has 0 spiro atoms. The lowest BCUT2D eigenvalue weighted by atomic mass is 9.85. The molecule has 0 unspecified atom stereocenters. The number of aryl methyl sites for hydroxylation is 1. The fraction of sp³-hybridized carbons (Fsp3) is 0.440. The number of ether oxygens (including phenoxy) is 2. The third-order valence-electron chi connectivity index (χ3n) is 6.46. The van der Waals surface area contributed by atoms with Crippen LogP contribution in [0.15, 0.2) is 35.9 Å². The number of rotatable bonds is 7. The van der Waals surface area contributed by atoms with Crippen LogP contribution in [0.5, 0.6) is 11.6 Å². The molecule has 34 heavy (non-hydrogen) atoms. The highest BCUT2D eigenvalue weighted by Crippen LogP contribution is 2.35. The van der Waals surface area contributed by atoms with Crippen LogP contribution in [-0.2, 0) is 24.0 Å². The molecule has 9 heteroatoms. The topological polar surface area (TPSA) is 63.7 Å². The Bertz CT molecular complexity index is 1110. The lowest BCUT2D eigenvalue weighted by molar-refractivity contribution is -0.141. The third-order valence-corrected chi connectivity index (χ3v) is 6.46. The molecule has 0 saturated carbocycles. The smallest absolute Gasteiger partial charge is 0.433 e. The molecule has 2 aromatic rings. The number of carbonyl (C=O) groups excluding carboxylic acids is 1. The number of aromatic nitrogens is 1. The minimum atomic E-state index is -4.56. The van der Waals surface area contributed by atoms with Crippen molar-refractivity contribution in [3.63, 3.8) is 0 Å². The second-order valence-electron chi connectivity index (χ2n) is 8.74. The van der Waals surface area contributed by atoms with E-state index in [-0.39, 0.29) is 24.3 Å². The summed E-state index contributed by atoms with van der Waals surface area (Å²) in [6, 6.07) is 8.24. The second-order valence-corrected chi connectivity index (χ2v) is 8.74. The molecule has 1 N–H and O–H groups in total. The van der Waals surface area contributed by atoms with Crippen molar-refractivity contribution in [3.05, 3.63) is 58.3 Å². The van der Waals surface area contributed by atoms with E-state index in [1.165, 1.54) is 29.9 Å². The van der Waals surface area contributed by atoms with Crippen molar-refractivity contribution in [2.45, 2.75) is 32.5 Å². The number of hydrogen-bond acceptors (Lipinski definition) is 5. The molecule has 0 radical (unpaired) electrons. The predicted octanol–water partition coefficient (Wildman–Crippen LogP) is 4.09. The van der Waals surface area contributed by atoms with Gasteiger partial charge in [0.1, 0.15) is 18.1 Å². The number of amides is 1. The summed E-state index contributed by atoms with van der Waals surface area (Å²) < 4.78 is 50.0. The van der Waals surface area contributed by atoms with Crippen molar-refractivity contribution >= 4 is 11.5 Å². The second kappa shape index (κ2) is 9.66. The van der Waals surface area contributed by atoms with E-state index in [0.29, 0.717) is 11.3 Å². The van der Waals surface area contributed by atoms with E-state index in [2.05, 4.69) is 22.1 Å². The molecule has 1 saturated heterocycles. The van der Waals surface area contributed by atoms with Crippen LogP contribution in [0.2, 0.25) is 0 Å². The van der Waals surface area contributed by atoms with E-state index < -0.39 is 11.9 Å². The number of alkyl halides is 3. The van der Waals surface area contributed by atoms with Crippen molar-refractivity contribution in [1.82, 2.24) is 15.2 Å². The van der Waals surface area contributed by atoms with Gasteiger partial charge < -0.3 is 14.8 Å². The van der Waals surface area contributed by atoms with Crippen molar-refractivity contribution in [3.8, 4) is 11.6 Å². The lowest BCUT2D eigenvalue weighted by Gasteiger charge is -2.39. The lowest BCUT2D eigenvalue weighted by Crippen LogP contribution is -2.53. The van der Waals surface area contributed by atoms with Gasteiger partial charge in [-0.05, 0) is 60.2 Å². The maximum Gasteiger partial charge on any atom is 0.433 e. The Morgan fingerprint density at radius 3 is 2.65 bits per heavy atom. The summed E-state index contributed by atoms with van der Waals surface area (Å²) in [5.41, 5.74) is 4.27. The zero-order chi connectivity index (χ0) is 24.5. The molecule has 1 aliphatic heterocycles. The van der Waals surface area contributed by atoms with E-state index in [4.69, 9.17) is 9.47 Å². The fourth-order valence-electron chi connectivity index (χ4n) is 4.49. The van der Waals surface area contributed by atoms with Gasteiger partial charge in [-0.15, -0.1) is 0 Å². The third kappa shape index (κ3) is 5.19. The Morgan fingerprint density at radius 1 is 1.21 bits per heavy atom. The van der Waals surface area contributed by atoms with E-state index in [0.717, 1.165) is 44.1 Å². The number of methoxy groups -OCH3 is 1. The van der Waals surface area contributed by atoms with E-state index in [9.17, 15) is 18.0 Å². The van der Waals surface area contributed by atoms with Gasteiger partial charge >= 0.3 is 6.18 Å². The summed E-state index contributed by atoms with van der Waals surface area (Å²) in [6.07, 6.45) is -2.76. The average Bonchev–Trinajstić information content (AvgIpc) is 2.79. The predicted molar refractivity (Wildman–Crippen MR) is 121 cm³/mol. The van der Waals surface area contributed by atoms with Crippen molar-refractivity contribution in [1.29, 1.82) is 0 Å². The standard InChI is InChI=1S/C25H28F3N3O3/c1-15-18(11-31-12-19(13-31)24(32)29-2)5-4-17-10-20(6-7-21(15)17)34-14-16-8-22(25(26,27)28)30-23(9-16)33-3/h6-10,19H,4-5,11-14H2,1-3H3,(H,29,32). The van der Waals surface area contributed by atoms with Crippen LogP contribution in [0.4, 0.5) is 13.2 Å². The Hall–Kier alpha value is -3.07. The highest BCUT2D eigenvalue weighted by molar-refractivity contribution is 5.79. The fourth-order valence-corrected chi connectivity index (χ4v) is 4.49. The van der Waals surface area contributed by atoms with Crippen molar-refractivity contribution in [2.75, 3.05) is 33.8 Å². The van der Waals surface area contributed by atoms with Crippen molar-refractivity contribution in [2.24, 2.45) is 5.92 Å². The zero-order valence-corrected chi connectivity index (χ0v) is 19.5. The number of carbonyl (C=O) groups is 1. The van der Waals surface area contributed by atoms with Gasteiger partial charge in [-0.2, -0.15) is 13.2 Å². The van der Waals surface area contributed by atoms with Gasteiger partial charge in [-0.1, -0.05) is 11.6 Å². The summed E-state index contributed by atoms with van der Waals surface area (Å²) in [7, 11) is 2.95. The first-order chi connectivity index (χ1) is 16.2. The number of allylic oxidation sites excluding steroid dienone is 1. The molecule has 0 bridgehead atoms. The van der Waals surface area contributed by atoms with Crippen LogP contribution in [0.1, 0.15) is 35.7 Å². The highest BCUT2D eigenvalue weighted by Gasteiger charge is 2.34. The van der Waals surface area contributed by atoms with Gasteiger partial charge in [0.15, 0.2) is 0 Å². The Balaban J connectivity index is 1.42. The first kappa shape index (κ1) is 24.1. The first-order valence-corrected chi connectivity index (χ1v) is 11.2. The molecule has 1 fully saturated rings. The normalized spacial score (nSPS) is 16.6. The van der Waals surface area contributed by atoms with Crippen LogP contribution in [0, 0.1) is 5.92 Å². The molecule has 6 nitrogen and oxygen atoms in total. The number of pyridine rings is 1. The molecular formula is C25H28F3N3O3. The minimum Gasteiger partial charge on any atom is -0.489 e. The van der Waals surface area contributed by atoms with Crippen LogP contribution < -0.4 is 14.8 Å². The van der Waals surface area contributed by atoms with Gasteiger partial charge in [0.2, 0.25) is 11.8 Å². The summed E-state index contributed by atoms with van der Waals surface area (Å²) in [4.78, 5) is 17.5. The maximum atomic E-state index is 13.1. The summed E-state index contributed by atoms with van der Waals surface area (Å²) in [6.45, 7) is 4.52. The highest BCUT2D eigenvalue weighted by atomic mass is 19.4. The summed E-state index contributed by atoms with van der Waals surface area (Å²) in [5.74, 6) is 0.684. The van der Waals surface area contributed by atoms with Gasteiger partial charge in [-0.25, -0.2) is 4.98 Å². The monoisotopic (exact) mass is 475 g/mol. The molecule has 2 aliphatic rings. The van der Waals surface area contributed by atoms with Crippen LogP contribution >= 0.6 is 0 Å². The molecule has 0 atom stereocenters. The molecule has 4 rings (SSSR count). The quantitative estimate of drug-likeness (QED) is 0.654. The number of fused-ring (bicyclic) bond motifs is 1. The molecule has 182 valence electrons. The zero-order valence-electron chi connectivity index (χ0n) is 19.5. The van der Waals surface area contributed by atoms with E-state index >= 15 is 0 Å². The number of nitrogens with one attached hydrogen (secondary N) is 1. The SMILES string of the molecule is CNC(=O)C1CN(CC2=C(C)c3ccc(OCc4cc(OC)nc(C(F)(F)F)c4)cc3CC2)C1. The summed E-state index contributed by atoms with van der Waals surface area (Å²) in [5, 5.41) is 2.71. The number of nitrogens with zero attached hydrogens (tertiary/aromatic N) is 2. The van der Waals surface area contributed by atoms with Crippen molar-refractivity contribution < 1.29 is 27.4 Å². The average molecular weight is 476 g/mol. The Labute approximate surface area is 196 Å². The Kier molecular flexibility index (Phi) is 6.84. The molecule has 1 aromatic heterocycles. The number of benzene rings is 1. The minimum absolute atomic E-state index is 0.0255. The number of halogens is 3. The molecular weight excluding hydrogens is 447 g/mol. The number of likely N-dealkylation sites (tertiary alicyclic amines) is 1. The van der Waals surface area contributed by atoms with Crippen LogP contribution in [-0.4, -0.2) is 49.6 Å². The van der Waals surface area contributed by atoms with Crippen LogP contribution in [0.3, 0.4) is 0 Å². The van der Waals surface area contributed by atoms with Gasteiger partial charge in [0.25, 0.3) is 0 Å². The van der Waals surface area contributed by atoms with Gasteiger partial charge in [0.05, 0.1) is 13.0 Å². The largest absolute Gasteiger partial charge is 0.489 e. The van der Waals surface area contributed by atoms with Gasteiger partial charge in [-0.3, -0.25) is 9.69 Å². The molecule has 1 aliphatic carbocycles. The maximum absolute atomic E-state index is 13.1. The molecule has 2 heterocycles.